The first-order valence-electron chi connectivity index (χ1n) is 9.41. The lowest BCUT2D eigenvalue weighted by Crippen LogP contribution is -2.51. The van der Waals surface area contributed by atoms with Gasteiger partial charge in [0.2, 0.25) is 0 Å². The Labute approximate surface area is 189 Å². The van der Waals surface area contributed by atoms with E-state index in [4.69, 9.17) is 39.5 Å². The van der Waals surface area contributed by atoms with Gasteiger partial charge in [0.05, 0.1) is 7.11 Å². The van der Waals surface area contributed by atoms with E-state index in [0.29, 0.717) is 12.8 Å². The number of methoxy groups -OCH3 is 1. The standard InChI is InChI=1S/C21H21Cl3N2O4/c1-30-19(28)18(10-14-11-25-17-5-3-2-4-16(14)17)26(20(29)21(22,23)24)12-13-6-8-15(27)9-7-13/h2-6,11,18,25H,7-10,12H2,1H3/t18-/m0/s1. The fraction of sp³-hybridized carbons (Fsp3) is 0.381. The zero-order valence-corrected chi connectivity index (χ0v) is 18.6. The Bertz CT molecular complexity index is 994. The van der Waals surface area contributed by atoms with Crippen molar-refractivity contribution in [1.29, 1.82) is 0 Å². The average Bonchev–Trinajstić information content (AvgIpc) is 3.13. The summed E-state index contributed by atoms with van der Waals surface area (Å²) in [6, 6.07) is 6.62. The average molecular weight is 472 g/mol. The molecule has 0 saturated heterocycles. The molecule has 1 aliphatic carbocycles. The van der Waals surface area contributed by atoms with Crippen molar-refractivity contribution in [3.63, 3.8) is 0 Å². The number of carbonyl (C=O) groups excluding carboxylic acids is 3. The first-order valence-corrected chi connectivity index (χ1v) is 10.5. The maximum absolute atomic E-state index is 13.0. The number of aromatic nitrogens is 1. The molecule has 1 aromatic heterocycles. The molecule has 1 N–H and O–H groups in total. The van der Waals surface area contributed by atoms with Gasteiger partial charge in [-0.05, 0) is 18.1 Å². The summed E-state index contributed by atoms with van der Waals surface area (Å²) in [5, 5.41) is 0.926. The summed E-state index contributed by atoms with van der Waals surface area (Å²) in [6.07, 6.45) is 4.89. The van der Waals surface area contributed by atoms with Gasteiger partial charge in [0.1, 0.15) is 11.8 Å². The number of allylic oxidation sites excluding steroid dienone is 1. The number of hydrogen-bond acceptors (Lipinski definition) is 4. The Hall–Kier alpha value is -2.02. The molecule has 1 aliphatic rings. The van der Waals surface area contributed by atoms with Crippen molar-refractivity contribution in [2.24, 2.45) is 0 Å². The minimum absolute atomic E-state index is 0.0716. The van der Waals surface area contributed by atoms with Crippen LogP contribution in [0.25, 0.3) is 10.9 Å². The molecule has 0 radical (unpaired) electrons. The number of ether oxygens (including phenoxy) is 1. The van der Waals surface area contributed by atoms with Crippen LogP contribution in [0.4, 0.5) is 0 Å². The fourth-order valence-corrected chi connectivity index (χ4v) is 3.90. The Morgan fingerprint density at radius 2 is 1.97 bits per heavy atom. The minimum atomic E-state index is -2.24. The van der Waals surface area contributed by atoms with Crippen molar-refractivity contribution in [2.45, 2.75) is 35.5 Å². The first kappa shape index (κ1) is 22.7. The van der Waals surface area contributed by atoms with Gasteiger partial charge in [0, 0.05) is 42.9 Å². The van der Waals surface area contributed by atoms with E-state index in [-0.39, 0.29) is 25.2 Å². The van der Waals surface area contributed by atoms with Crippen molar-refractivity contribution >= 4 is 63.4 Å². The molecule has 0 fully saturated rings. The zero-order valence-electron chi connectivity index (χ0n) is 16.3. The van der Waals surface area contributed by atoms with Crippen molar-refractivity contribution in [1.82, 2.24) is 9.88 Å². The number of carbonyl (C=O) groups is 3. The van der Waals surface area contributed by atoms with Crippen molar-refractivity contribution in [3.05, 3.63) is 47.7 Å². The number of nitrogens with zero attached hydrogens (tertiary/aromatic N) is 1. The van der Waals surface area contributed by atoms with E-state index < -0.39 is 21.7 Å². The highest BCUT2D eigenvalue weighted by molar-refractivity contribution is 6.76. The molecule has 0 spiro atoms. The largest absolute Gasteiger partial charge is 0.467 e. The van der Waals surface area contributed by atoms with E-state index in [2.05, 4.69) is 4.98 Å². The summed E-state index contributed by atoms with van der Waals surface area (Å²) in [6.45, 7) is 0.0716. The second kappa shape index (κ2) is 9.41. The molecule has 30 heavy (non-hydrogen) atoms. The Kier molecular flexibility index (Phi) is 7.11. The smallest absolute Gasteiger partial charge is 0.328 e. The Morgan fingerprint density at radius 3 is 2.60 bits per heavy atom. The maximum Gasteiger partial charge on any atom is 0.328 e. The zero-order chi connectivity index (χ0) is 21.9. The molecular weight excluding hydrogens is 451 g/mol. The van der Waals surface area contributed by atoms with Gasteiger partial charge in [0.15, 0.2) is 0 Å². The molecule has 0 saturated carbocycles. The topological polar surface area (TPSA) is 79.5 Å². The highest BCUT2D eigenvalue weighted by Gasteiger charge is 2.41. The lowest BCUT2D eigenvalue weighted by molar-refractivity contribution is -0.152. The summed E-state index contributed by atoms with van der Waals surface area (Å²) in [4.78, 5) is 41.6. The van der Waals surface area contributed by atoms with Crippen LogP contribution in [0.2, 0.25) is 0 Å². The number of Topliss-reactive ketones (excluding diaryl/α,β-unsaturated/α-hetero) is 1. The van der Waals surface area contributed by atoms with Gasteiger partial charge >= 0.3 is 5.97 Å². The number of alkyl halides is 3. The minimum Gasteiger partial charge on any atom is -0.467 e. The van der Waals surface area contributed by atoms with Gasteiger partial charge < -0.3 is 14.6 Å². The lowest BCUT2D eigenvalue weighted by Gasteiger charge is -2.33. The predicted octanol–water partition coefficient (Wildman–Crippen LogP) is 4.13. The number of ketones is 1. The Morgan fingerprint density at radius 1 is 1.23 bits per heavy atom. The SMILES string of the molecule is COC(=O)[C@H](Cc1c[nH]c2ccccc12)N(CC1=CCC(=O)CC1)C(=O)C(Cl)(Cl)Cl. The quantitative estimate of drug-likeness (QED) is 0.390. The van der Waals surface area contributed by atoms with Crippen LogP contribution < -0.4 is 0 Å². The second-order valence-corrected chi connectivity index (χ2v) is 9.42. The number of fused-ring (bicyclic) bond motifs is 1. The van der Waals surface area contributed by atoms with Crippen LogP contribution in [-0.4, -0.2) is 51.0 Å². The van der Waals surface area contributed by atoms with Crippen LogP contribution in [-0.2, 0) is 25.5 Å². The molecule has 3 rings (SSSR count). The van der Waals surface area contributed by atoms with E-state index in [0.717, 1.165) is 22.0 Å². The van der Waals surface area contributed by atoms with Gasteiger partial charge in [-0.15, -0.1) is 0 Å². The third-order valence-electron chi connectivity index (χ3n) is 5.16. The molecule has 160 valence electrons. The molecule has 6 nitrogen and oxygen atoms in total. The molecule has 0 aliphatic heterocycles. The van der Waals surface area contributed by atoms with Gasteiger partial charge in [-0.2, -0.15) is 0 Å². The number of H-pyrrole nitrogens is 1. The molecule has 0 bridgehead atoms. The van der Waals surface area contributed by atoms with Crippen LogP contribution >= 0.6 is 34.8 Å². The summed E-state index contributed by atoms with van der Waals surface area (Å²) >= 11 is 17.7. The normalized spacial score (nSPS) is 15.6. The molecule has 2 aromatic rings. The number of benzene rings is 1. The number of esters is 1. The number of nitrogens with one attached hydrogen (secondary N) is 1. The van der Waals surface area contributed by atoms with Gasteiger partial charge in [-0.1, -0.05) is 64.7 Å². The third kappa shape index (κ3) is 5.17. The summed E-state index contributed by atoms with van der Waals surface area (Å²) in [7, 11) is 1.25. The predicted molar refractivity (Wildman–Crippen MR) is 117 cm³/mol. The molecule has 1 atom stereocenters. The summed E-state index contributed by atoms with van der Waals surface area (Å²) in [5.74, 6) is -1.31. The van der Waals surface area contributed by atoms with Crippen molar-refractivity contribution < 1.29 is 19.1 Å². The number of para-hydroxylation sites is 1. The summed E-state index contributed by atoms with van der Waals surface area (Å²) in [5.41, 5.74) is 2.57. The fourth-order valence-electron chi connectivity index (χ4n) is 3.58. The molecule has 0 unspecified atom stereocenters. The molecule has 1 heterocycles. The summed E-state index contributed by atoms with van der Waals surface area (Å²) < 4.78 is 2.74. The number of aromatic amines is 1. The third-order valence-corrected chi connectivity index (χ3v) is 5.64. The van der Waals surface area contributed by atoms with E-state index in [1.807, 2.05) is 24.3 Å². The number of hydrogen-bond donors (Lipinski definition) is 1. The molecular formula is C21H21Cl3N2O4. The second-order valence-electron chi connectivity index (χ2n) is 7.14. The van der Waals surface area contributed by atoms with E-state index in [1.54, 1.807) is 12.3 Å². The lowest BCUT2D eigenvalue weighted by atomic mass is 9.96. The maximum atomic E-state index is 13.0. The Balaban J connectivity index is 1.97. The van der Waals surface area contributed by atoms with E-state index in [9.17, 15) is 14.4 Å². The van der Waals surface area contributed by atoms with Gasteiger partial charge in [-0.25, -0.2) is 4.79 Å². The van der Waals surface area contributed by atoms with Crippen LogP contribution in [0.5, 0.6) is 0 Å². The van der Waals surface area contributed by atoms with Crippen molar-refractivity contribution in [3.8, 4) is 0 Å². The highest BCUT2D eigenvalue weighted by atomic mass is 35.6. The number of halogens is 3. The molecule has 1 aromatic carbocycles. The van der Waals surface area contributed by atoms with Crippen LogP contribution in [0, 0.1) is 0 Å². The molecule has 9 heteroatoms. The van der Waals surface area contributed by atoms with Gasteiger partial charge in [-0.3, -0.25) is 9.59 Å². The van der Waals surface area contributed by atoms with Crippen LogP contribution in [0.1, 0.15) is 24.8 Å². The number of amides is 1. The van der Waals surface area contributed by atoms with Crippen LogP contribution in [0.3, 0.4) is 0 Å². The van der Waals surface area contributed by atoms with E-state index >= 15 is 0 Å². The first-order chi connectivity index (χ1) is 14.2. The van der Waals surface area contributed by atoms with E-state index in [1.165, 1.54) is 12.0 Å². The highest BCUT2D eigenvalue weighted by Crippen LogP contribution is 2.32. The van der Waals surface area contributed by atoms with Crippen molar-refractivity contribution in [2.75, 3.05) is 13.7 Å². The number of rotatable bonds is 6. The van der Waals surface area contributed by atoms with Gasteiger partial charge in [0.25, 0.3) is 9.70 Å². The molecule has 1 amide bonds. The monoisotopic (exact) mass is 470 g/mol. The van der Waals surface area contributed by atoms with Crippen LogP contribution in [0.15, 0.2) is 42.1 Å².